The second kappa shape index (κ2) is 3.01. The molecule has 0 aliphatic heterocycles. The number of amides is 1. The maximum absolute atomic E-state index is 10.2. The minimum absolute atomic E-state index is 0.632. The molecule has 0 aliphatic rings. The molecule has 0 unspecified atom stereocenters. The molecule has 0 saturated carbocycles. The van der Waals surface area contributed by atoms with Gasteiger partial charge in [0.15, 0.2) is 0 Å². The molecule has 0 spiro atoms. The average molecular weight is 114 g/mol. The molecule has 0 bridgehead atoms. The van der Waals surface area contributed by atoms with Crippen molar-refractivity contribution in [2.24, 2.45) is 10.8 Å². The maximum atomic E-state index is 10.2. The van der Waals surface area contributed by atoms with Crippen molar-refractivity contribution in [2.75, 3.05) is 0 Å². The van der Waals surface area contributed by atoms with E-state index in [2.05, 4.69) is 10.0 Å². The van der Waals surface area contributed by atoms with Crippen LogP contribution in [0.3, 0.4) is 0 Å². The van der Waals surface area contributed by atoms with Gasteiger partial charge in [-0.05, 0) is 17.6 Å². The molecule has 0 aromatic carbocycles. The molecule has 0 saturated heterocycles. The van der Waals surface area contributed by atoms with E-state index in [4.69, 9.17) is 11.3 Å². The number of hydrogen-bond acceptors (Lipinski definition) is 2. The van der Waals surface area contributed by atoms with Crippen molar-refractivity contribution in [1.29, 1.82) is 0 Å². The third kappa shape index (κ3) is 2.17. The molecule has 5 heteroatoms. The lowest BCUT2D eigenvalue weighted by atomic mass is 10.4. The summed E-state index contributed by atoms with van der Waals surface area (Å²) in [5.41, 5.74) is 12.7. The van der Waals surface area contributed by atoms with Gasteiger partial charge in [-0.25, -0.2) is 0 Å². The Hall–Kier alpha value is -1.06. The van der Waals surface area contributed by atoms with Gasteiger partial charge in [-0.15, -0.1) is 0 Å². The maximum Gasteiger partial charge on any atom is 0.235 e. The van der Waals surface area contributed by atoms with Gasteiger partial charge in [0.2, 0.25) is 5.91 Å². The SMILES string of the molecule is C[C@@H](N)C(=O)N=[N+]=[N-]. The average Bonchev–Trinajstić information content (AvgIpc) is 1.67. The highest BCUT2D eigenvalue weighted by atomic mass is 16.2. The first-order valence-electron chi connectivity index (χ1n) is 2.03. The van der Waals surface area contributed by atoms with Crippen LogP contribution in [0.2, 0.25) is 0 Å². The lowest BCUT2D eigenvalue weighted by molar-refractivity contribution is -0.118. The van der Waals surface area contributed by atoms with E-state index in [1.54, 1.807) is 0 Å². The van der Waals surface area contributed by atoms with Crippen molar-refractivity contribution in [1.82, 2.24) is 0 Å². The molecule has 0 radical (unpaired) electrons. The van der Waals surface area contributed by atoms with Crippen LogP contribution < -0.4 is 5.73 Å². The number of carbonyl (C=O) groups is 1. The fourth-order valence-electron chi connectivity index (χ4n) is 0.135. The van der Waals surface area contributed by atoms with Gasteiger partial charge in [0.25, 0.3) is 0 Å². The summed E-state index contributed by atoms with van der Waals surface area (Å²) >= 11 is 0. The summed E-state index contributed by atoms with van der Waals surface area (Å²) in [7, 11) is 0. The van der Waals surface area contributed by atoms with Crippen molar-refractivity contribution in [3.05, 3.63) is 10.4 Å². The van der Waals surface area contributed by atoms with E-state index in [9.17, 15) is 4.79 Å². The summed E-state index contributed by atoms with van der Waals surface area (Å²) in [4.78, 5) is 12.4. The number of nitrogens with two attached hydrogens (primary N) is 1. The number of azide groups is 1. The van der Waals surface area contributed by atoms with Crippen LogP contribution in [0.25, 0.3) is 10.4 Å². The van der Waals surface area contributed by atoms with Gasteiger partial charge in [0.05, 0.1) is 6.04 Å². The summed E-state index contributed by atoms with van der Waals surface area (Å²) in [6, 6.07) is -0.689. The van der Waals surface area contributed by atoms with E-state index in [1.807, 2.05) is 0 Å². The van der Waals surface area contributed by atoms with Crippen LogP contribution in [0.5, 0.6) is 0 Å². The van der Waals surface area contributed by atoms with E-state index in [-0.39, 0.29) is 0 Å². The Balaban J connectivity index is 3.84. The standard InChI is InChI=1S/C3H6N4O/c1-2(4)3(8)6-7-5/h2H,4H2,1H3/t2-/m1/s1. The molecule has 0 fully saturated rings. The van der Waals surface area contributed by atoms with Crippen LogP contribution in [-0.4, -0.2) is 11.9 Å². The third-order valence-corrected chi connectivity index (χ3v) is 0.533. The molecular formula is C3H6N4O. The van der Waals surface area contributed by atoms with Crippen LogP contribution in [0, 0.1) is 0 Å². The summed E-state index contributed by atoms with van der Waals surface area (Å²) in [5, 5.41) is 2.74. The van der Waals surface area contributed by atoms with Gasteiger partial charge in [-0.3, -0.25) is 4.79 Å². The topological polar surface area (TPSA) is 91.9 Å². The number of rotatable bonds is 1. The lowest BCUT2D eigenvalue weighted by Gasteiger charge is -1.91. The van der Waals surface area contributed by atoms with E-state index in [0.29, 0.717) is 0 Å². The Morgan fingerprint density at radius 2 is 2.50 bits per heavy atom. The molecule has 0 aliphatic carbocycles. The van der Waals surface area contributed by atoms with Crippen LogP contribution >= 0.6 is 0 Å². The molecule has 5 nitrogen and oxygen atoms in total. The van der Waals surface area contributed by atoms with Crippen molar-refractivity contribution < 1.29 is 4.79 Å². The van der Waals surface area contributed by atoms with Gasteiger partial charge in [-0.1, -0.05) is 0 Å². The first kappa shape index (κ1) is 6.94. The van der Waals surface area contributed by atoms with Gasteiger partial charge >= 0.3 is 0 Å². The Bertz CT molecular complexity index is 134. The van der Waals surface area contributed by atoms with Gasteiger partial charge in [0.1, 0.15) is 0 Å². The number of carbonyl (C=O) groups excluding carboxylic acids is 1. The molecule has 0 aromatic rings. The van der Waals surface area contributed by atoms with Gasteiger partial charge < -0.3 is 5.73 Å². The van der Waals surface area contributed by atoms with E-state index in [0.717, 1.165) is 0 Å². The second-order valence-electron chi connectivity index (χ2n) is 1.32. The lowest BCUT2D eigenvalue weighted by Crippen LogP contribution is -2.24. The second-order valence-corrected chi connectivity index (χ2v) is 1.32. The predicted molar refractivity (Wildman–Crippen MR) is 27.8 cm³/mol. The Kier molecular flexibility index (Phi) is 2.61. The van der Waals surface area contributed by atoms with Crippen LogP contribution in [-0.2, 0) is 4.79 Å². The number of hydrogen-bond donors (Lipinski definition) is 1. The Morgan fingerprint density at radius 1 is 2.00 bits per heavy atom. The molecule has 0 aromatic heterocycles. The van der Waals surface area contributed by atoms with E-state index >= 15 is 0 Å². The first-order chi connectivity index (χ1) is 3.68. The minimum Gasteiger partial charge on any atom is -0.322 e. The molecule has 0 rings (SSSR count). The van der Waals surface area contributed by atoms with Crippen molar-refractivity contribution in [3.8, 4) is 0 Å². The molecule has 1 atom stereocenters. The van der Waals surface area contributed by atoms with Crippen molar-refractivity contribution in [3.63, 3.8) is 0 Å². The molecule has 44 valence electrons. The van der Waals surface area contributed by atoms with Gasteiger partial charge in [0, 0.05) is 4.91 Å². The van der Waals surface area contributed by atoms with Crippen LogP contribution in [0.15, 0.2) is 5.11 Å². The monoisotopic (exact) mass is 114 g/mol. The quantitative estimate of drug-likeness (QED) is 0.299. The third-order valence-electron chi connectivity index (χ3n) is 0.533. The van der Waals surface area contributed by atoms with Crippen LogP contribution in [0.1, 0.15) is 6.92 Å². The zero-order valence-electron chi connectivity index (χ0n) is 4.40. The zero-order valence-corrected chi connectivity index (χ0v) is 4.40. The molecule has 1 amide bonds. The highest BCUT2D eigenvalue weighted by Gasteiger charge is 2.01. The molecule has 2 N–H and O–H groups in total. The summed E-state index contributed by atoms with van der Waals surface area (Å²) in [6.07, 6.45) is 0. The summed E-state index contributed by atoms with van der Waals surface area (Å²) in [5.74, 6) is -0.632. The summed E-state index contributed by atoms with van der Waals surface area (Å²) in [6.45, 7) is 1.46. The minimum atomic E-state index is -0.689. The fraction of sp³-hybridized carbons (Fsp3) is 0.667. The van der Waals surface area contributed by atoms with Gasteiger partial charge in [-0.2, -0.15) is 0 Å². The highest BCUT2D eigenvalue weighted by Crippen LogP contribution is 1.80. The zero-order chi connectivity index (χ0) is 6.57. The highest BCUT2D eigenvalue weighted by molar-refractivity contribution is 5.81. The van der Waals surface area contributed by atoms with Crippen LogP contribution in [0.4, 0.5) is 0 Å². The fourth-order valence-corrected chi connectivity index (χ4v) is 0.135. The Morgan fingerprint density at radius 3 is 2.62 bits per heavy atom. The Labute approximate surface area is 46.1 Å². The first-order valence-corrected chi connectivity index (χ1v) is 2.03. The van der Waals surface area contributed by atoms with E-state index < -0.39 is 11.9 Å². The molecular weight excluding hydrogens is 108 g/mol. The smallest absolute Gasteiger partial charge is 0.235 e. The molecule has 0 heterocycles. The summed E-state index contributed by atoms with van der Waals surface area (Å²) < 4.78 is 0. The largest absolute Gasteiger partial charge is 0.322 e. The molecule has 8 heavy (non-hydrogen) atoms. The van der Waals surface area contributed by atoms with Crippen molar-refractivity contribution >= 4 is 5.91 Å². The predicted octanol–water partition coefficient (Wildman–Crippen LogP) is 0.170. The van der Waals surface area contributed by atoms with E-state index in [1.165, 1.54) is 6.92 Å². The number of nitrogens with zero attached hydrogens (tertiary/aromatic N) is 3. The van der Waals surface area contributed by atoms with Crippen molar-refractivity contribution in [2.45, 2.75) is 13.0 Å². The normalized spacial score (nSPS) is 11.8.